The summed E-state index contributed by atoms with van der Waals surface area (Å²) in [6.07, 6.45) is 0. The first-order chi connectivity index (χ1) is 18.9. The Balaban J connectivity index is 1.32. The fraction of sp³-hybridized carbons (Fsp3) is 0.452. The Bertz CT molecular complexity index is 1280. The van der Waals surface area contributed by atoms with Crippen LogP contribution < -0.4 is 20.3 Å². The van der Waals surface area contributed by atoms with Crippen molar-refractivity contribution in [2.75, 3.05) is 81.3 Å². The van der Waals surface area contributed by atoms with Gasteiger partial charge in [0.15, 0.2) is 0 Å². The predicted octanol–water partition coefficient (Wildman–Crippen LogP) is 5.33. The number of ether oxygens (including phenoxy) is 3. The Kier molecular flexibility index (Phi) is 8.55. The quantitative estimate of drug-likeness (QED) is 0.429. The van der Waals surface area contributed by atoms with Crippen LogP contribution >= 0.6 is 0 Å². The molecule has 2 fully saturated rings. The van der Waals surface area contributed by atoms with E-state index in [0.717, 1.165) is 79.5 Å². The fourth-order valence-corrected chi connectivity index (χ4v) is 5.07. The average Bonchev–Trinajstić information content (AvgIpc) is 2.94. The summed E-state index contributed by atoms with van der Waals surface area (Å²) < 4.78 is 17.2. The van der Waals surface area contributed by atoms with Crippen LogP contribution in [0.1, 0.15) is 26.3 Å². The summed E-state index contributed by atoms with van der Waals surface area (Å²) >= 11 is 0. The Hall–Kier alpha value is -3.33. The maximum atomic E-state index is 13.3. The largest absolute Gasteiger partial charge is 0.492 e. The molecule has 0 saturated carbocycles. The molecular weight excluding hydrogens is 492 g/mol. The van der Waals surface area contributed by atoms with E-state index in [4.69, 9.17) is 14.2 Å². The van der Waals surface area contributed by atoms with E-state index in [1.165, 1.54) is 5.56 Å². The van der Waals surface area contributed by atoms with Gasteiger partial charge in [-0.1, -0.05) is 51.1 Å². The maximum absolute atomic E-state index is 13.3. The van der Waals surface area contributed by atoms with Crippen LogP contribution in [0.2, 0.25) is 0 Å². The average molecular weight is 533 g/mol. The van der Waals surface area contributed by atoms with Gasteiger partial charge in [-0.05, 0) is 35.2 Å². The van der Waals surface area contributed by atoms with Gasteiger partial charge in [-0.25, -0.2) is 4.79 Å². The third-order valence-electron chi connectivity index (χ3n) is 7.36. The zero-order valence-electron chi connectivity index (χ0n) is 23.3. The van der Waals surface area contributed by atoms with Crippen LogP contribution in [0.4, 0.5) is 21.9 Å². The molecule has 2 amide bonds. The highest BCUT2D eigenvalue weighted by Gasteiger charge is 2.21. The molecule has 8 nitrogen and oxygen atoms in total. The van der Waals surface area contributed by atoms with Crippen molar-refractivity contribution in [2.45, 2.75) is 26.2 Å². The Morgan fingerprint density at radius 3 is 2.23 bits per heavy atom. The van der Waals surface area contributed by atoms with E-state index in [0.29, 0.717) is 19.8 Å². The smallest absolute Gasteiger partial charge is 0.323 e. The fourth-order valence-electron chi connectivity index (χ4n) is 5.07. The molecule has 0 spiro atoms. The molecule has 39 heavy (non-hydrogen) atoms. The van der Waals surface area contributed by atoms with Crippen molar-refractivity contribution in [3.8, 4) is 5.75 Å². The number of hydrogen-bond acceptors (Lipinski definition) is 6. The molecule has 0 radical (unpaired) electrons. The lowest BCUT2D eigenvalue weighted by Crippen LogP contribution is -2.38. The maximum Gasteiger partial charge on any atom is 0.323 e. The minimum atomic E-state index is -0.276. The van der Waals surface area contributed by atoms with Crippen LogP contribution in [-0.4, -0.2) is 76.7 Å². The third-order valence-corrected chi connectivity index (χ3v) is 7.36. The van der Waals surface area contributed by atoms with E-state index < -0.39 is 0 Å². The van der Waals surface area contributed by atoms with Crippen molar-refractivity contribution in [2.24, 2.45) is 0 Å². The van der Waals surface area contributed by atoms with Crippen LogP contribution in [0.3, 0.4) is 0 Å². The van der Waals surface area contributed by atoms with Crippen molar-refractivity contribution >= 4 is 33.9 Å². The molecule has 5 rings (SSSR count). The number of benzene rings is 3. The molecule has 2 heterocycles. The summed E-state index contributed by atoms with van der Waals surface area (Å²) in [7, 11) is 0. The molecule has 2 saturated heterocycles. The lowest BCUT2D eigenvalue weighted by molar-refractivity contribution is 0.0323. The highest BCUT2D eigenvalue weighted by atomic mass is 16.5. The first kappa shape index (κ1) is 27.2. The predicted molar refractivity (Wildman–Crippen MR) is 158 cm³/mol. The molecule has 3 aromatic rings. The molecule has 8 heteroatoms. The van der Waals surface area contributed by atoms with E-state index >= 15 is 0 Å². The summed E-state index contributed by atoms with van der Waals surface area (Å²) in [4.78, 5) is 18.0. The van der Waals surface area contributed by atoms with E-state index in [1.54, 1.807) is 0 Å². The van der Waals surface area contributed by atoms with Crippen LogP contribution in [0.5, 0.6) is 5.75 Å². The normalized spacial score (nSPS) is 16.7. The van der Waals surface area contributed by atoms with Gasteiger partial charge in [0, 0.05) is 43.5 Å². The highest BCUT2D eigenvalue weighted by molar-refractivity contribution is 6.08. The molecule has 2 aliphatic rings. The van der Waals surface area contributed by atoms with Gasteiger partial charge in [0.05, 0.1) is 43.5 Å². The van der Waals surface area contributed by atoms with E-state index in [-0.39, 0.29) is 11.4 Å². The number of carbonyl (C=O) groups is 1. The van der Waals surface area contributed by atoms with E-state index in [9.17, 15) is 4.79 Å². The zero-order chi connectivity index (χ0) is 27.2. The van der Waals surface area contributed by atoms with E-state index in [1.807, 2.05) is 36.4 Å². The monoisotopic (exact) mass is 532 g/mol. The highest BCUT2D eigenvalue weighted by Crippen LogP contribution is 2.34. The molecule has 3 aromatic carbocycles. The van der Waals surface area contributed by atoms with Crippen molar-refractivity contribution in [1.29, 1.82) is 0 Å². The first-order valence-electron chi connectivity index (χ1n) is 13.9. The minimum absolute atomic E-state index is 0.0374. The topological polar surface area (TPSA) is 75.3 Å². The number of amides is 2. The molecule has 0 atom stereocenters. The van der Waals surface area contributed by atoms with Crippen molar-refractivity contribution in [1.82, 2.24) is 4.90 Å². The lowest BCUT2D eigenvalue weighted by Gasteiger charge is -2.31. The van der Waals surface area contributed by atoms with Crippen LogP contribution in [0.15, 0.2) is 54.6 Å². The molecule has 2 aliphatic heterocycles. The van der Waals surface area contributed by atoms with Gasteiger partial charge in [-0.3, -0.25) is 4.90 Å². The molecule has 0 aliphatic carbocycles. The van der Waals surface area contributed by atoms with Crippen LogP contribution in [-0.2, 0) is 14.9 Å². The summed E-state index contributed by atoms with van der Waals surface area (Å²) in [5, 5.41) is 8.14. The molecular formula is C31H40N4O4. The summed E-state index contributed by atoms with van der Waals surface area (Å²) in [6, 6.07) is 18.0. The second kappa shape index (κ2) is 12.2. The number of anilines is 3. The second-order valence-corrected chi connectivity index (χ2v) is 11.1. The van der Waals surface area contributed by atoms with Gasteiger partial charge in [-0.15, -0.1) is 0 Å². The van der Waals surface area contributed by atoms with Crippen molar-refractivity contribution in [3.05, 3.63) is 60.2 Å². The third kappa shape index (κ3) is 6.82. The number of hydrogen-bond donors (Lipinski definition) is 2. The van der Waals surface area contributed by atoms with Gasteiger partial charge in [0.25, 0.3) is 0 Å². The zero-order valence-corrected chi connectivity index (χ0v) is 23.3. The number of carbonyl (C=O) groups excluding carboxylic acids is 1. The molecule has 0 bridgehead atoms. The number of nitrogens with one attached hydrogen (secondary N) is 2. The van der Waals surface area contributed by atoms with Gasteiger partial charge >= 0.3 is 6.03 Å². The molecule has 2 N–H and O–H groups in total. The molecule has 208 valence electrons. The Labute approximate surface area is 231 Å². The second-order valence-electron chi connectivity index (χ2n) is 11.1. The van der Waals surface area contributed by atoms with Crippen molar-refractivity contribution < 1.29 is 19.0 Å². The Morgan fingerprint density at radius 2 is 1.51 bits per heavy atom. The Morgan fingerprint density at radius 1 is 0.846 bits per heavy atom. The van der Waals surface area contributed by atoms with Gasteiger partial charge < -0.3 is 29.7 Å². The number of morpholine rings is 2. The van der Waals surface area contributed by atoms with Gasteiger partial charge in [-0.2, -0.15) is 0 Å². The number of nitrogens with zero attached hydrogens (tertiary/aromatic N) is 2. The molecule has 0 aromatic heterocycles. The SMILES string of the molecule is CC(C)(C)c1ccc(N2CCOCC2)c(NC(=O)Nc2ccc(OCCN3CCOCC3)c3ccccc23)c1. The lowest BCUT2D eigenvalue weighted by atomic mass is 9.86. The minimum Gasteiger partial charge on any atom is -0.492 e. The standard InChI is InChI=1S/C31H40N4O4/c1-31(2,3)23-8-10-28(35-15-19-38-20-16-35)27(22-23)33-30(36)32-26-9-11-29(25-7-5-4-6-24(25)26)39-21-14-34-12-17-37-18-13-34/h4-11,22H,12-21H2,1-3H3,(H2,32,33,36). The summed E-state index contributed by atoms with van der Waals surface area (Å²) in [5.41, 5.74) is 3.68. The van der Waals surface area contributed by atoms with Gasteiger partial charge in [0.1, 0.15) is 12.4 Å². The number of fused-ring (bicyclic) bond motifs is 1. The number of urea groups is 1. The van der Waals surface area contributed by atoms with Crippen LogP contribution in [0.25, 0.3) is 10.8 Å². The number of rotatable bonds is 7. The van der Waals surface area contributed by atoms with Gasteiger partial charge in [0.2, 0.25) is 0 Å². The summed E-state index contributed by atoms with van der Waals surface area (Å²) in [5.74, 6) is 0.817. The van der Waals surface area contributed by atoms with E-state index in [2.05, 4.69) is 59.4 Å². The molecule has 0 unspecified atom stereocenters. The van der Waals surface area contributed by atoms with Crippen LogP contribution in [0, 0.1) is 0 Å². The van der Waals surface area contributed by atoms with Crippen molar-refractivity contribution in [3.63, 3.8) is 0 Å². The first-order valence-corrected chi connectivity index (χ1v) is 13.9. The summed E-state index contributed by atoms with van der Waals surface area (Å²) in [6.45, 7) is 14.4.